The highest BCUT2D eigenvalue weighted by Gasteiger charge is 2.12. The first-order valence-electron chi connectivity index (χ1n) is 7.47. The minimum absolute atomic E-state index is 0.299. The monoisotopic (exact) mass is 307 g/mol. The smallest absolute Gasteiger partial charge is 0.276 e. The summed E-state index contributed by atoms with van der Waals surface area (Å²) in [6.07, 6.45) is 0.990. The normalized spacial score (nSPS) is 10.5. The molecule has 5 heteroatoms. The second-order valence-electron chi connectivity index (χ2n) is 5.25. The molecule has 0 bridgehead atoms. The van der Waals surface area contributed by atoms with Crippen LogP contribution >= 0.6 is 0 Å². The number of aromatic nitrogens is 2. The van der Waals surface area contributed by atoms with Gasteiger partial charge in [-0.05, 0) is 31.0 Å². The van der Waals surface area contributed by atoms with E-state index in [0.29, 0.717) is 17.3 Å². The topological polar surface area (TPSA) is 68.0 Å². The molecule has 0 spiro atoms. The van der Waals surface area contributed by atoms with Gasteiger partial charge < -0.3 is 4.52 Å². The lowest BCUT2D eigenvalue weighted by Gasteiger charge is -2.00. The Hall–Kier alpha value is -2.95. The highest BCUT2D eigenvalue weighted by molar-refractivity contribution is 6.02. The highest BCUT2D eigenvalue weighted by atomic mass is 16.5. The number of pyridine rings is 1. The first-order chi connectivity index (χ1) is 11.2. The average molecular weight is 307 g/mol. The van der Waals surface area contributed by atoms with Crippen LogP contribution in [0.25, 0.3) is 11.3 Å². The maximum Gasteiger partial charge on any atom is 0.276 e. The Bertz CT molecular complexity index is 822. The van der Waals surface area contributed by atoms with E-state index in [2.05, 4.69) is 34.5 Å². The first kappa shape index (κ1) is 15.0. The minimum atomic E-state index is -0.322. The molecule has 0 fully saturated rings. The molecule has 3 rings (SSSR count). The number of nitrogens with zero attached hydrogens (tertiary/aromatic N) is 2. The van der Waals surface area contributed by atoms with E-state index in [1.165, 1.54) is 5.56 Å². The molecule has 0 radical (unpaired) electrons. The molecule has 0 aliphatic carbocycles. The zero-order valence-corrected chi connectivity index (χ0v) is 13.0. The molecular weight excluding hydrogens is 290 g/mol. The van der Waals surface area contributed by atoms with Gasteiger partial charge in [0.25, 0.3) is 5.91 Å². The number of nitrogens with one attached hydrogen (secondary N) is 1. The Kier molecular flexibility index (Phi) is 4.19. The van der Waals surface area contributed by atoms with E-state index >= 15 is 0 Å². The van der Waals surface area contributed by atoms with E-state index in [0.717, 1.165) is 17.7 Å². The fourth-order valence-electron chi connectivity index (χ4n) is 2.23. The van der Waals surface area contributed by atoms with Crippen molar-refractivity contribution in [1.82, 2.24) is 10.1 Å². The van der Waals surface area contributed by atoms with Crippen molar-refractivity contribution < 1.29 is 9.32 Å². The van der Waals surface area contributed by atoms with E-state index in [1.54, 1.807) is 18.2 Å². The Balaban J connectivity index is 1.75. The molecule has 1 amide bonds. The second kappa shape index (κ2) is 6.44. The summed E-state index contributed by atoms with van der Waals surface area (Å²) in [4.78, 5) is 16.3. The molecule has 5 nitrogen and oxygen atoms in total. The zero-order valence-electron chi connectivity index (χ0n) is 13.0. The number of hydrogen-bond donors (Lipinski definition) is 1. The molecule has 2 aromatic heterocycles. The van der Waals surface area contributed by atoms with E-state index in [9.17, 15) is 4.79 Å². The molecular formula is C18H17N3O2. The van der Waals surface area contributed by atoms with Gasteiger partial charge >= 0.3 is 0 Å². The van der Waals surface area contributed by atoms with Gasteiger partial charge in [-0.15, -0.1) is 0 Å². The van der Waals surface area contributed by atoms with Crippen molar-refractivity contribution in [3.63, 3.8) is 0 Å². The summed E-state index contributed by atoms with van der Waals surface area (Å²) in [6.45, 7) is 3.95. The quantitative estimate of drug-likeness (QED) is 0.794. The Morgan fingerprint density at radius 3 is 2.65 bits per heavy atom. The maximum atomic E-state index is 12.1. The van der Waals surface area contributed by atoms with Crippen LogP contribution in [0.4, 0.5) is 5.88 Å². The summed E-state index contributed by atoms with van der Waals surface area (Å²) in [7, 11) is 0. The van der Waals surface area contributed by atoms with Gasteiger partial charge in [-0.25, -0.2) is 4.98 Å². The van der Waals surface area contributed by atoms with Crippen LogP contribution in [0.15, 0.2) is 53.1 Å². The number of amides is 1. The number of rotatable bonds is 4. The van der Waals surface area contributed by atoms with Crippen molar-refractivity contribution in [2.24, 2.45) is 0 Å². The third-order valence-electron chi connectivity index (χ3n) is 3.53. The molecule has 0 saturated carbocycles. The third kappa shape index (κ3) is 3.45. The number of carbonyl (C=O) groups is 1. The number of anilines is 1. The number of carbonyl (C=O) groups excluding carboxylic acids is 1. The lowest BCUT2D eigenvalue weighted by Crippen LogP contribution is -2.13. The highest BCUT2D eigenvalue weighted by Crippen LogP contribution is 2.22. The molecule has 0 unspecified atom stereocenters. The molecule has 0 atom stereocenters. The van der Waals surface area contributed by atoms with Gasteiger partial charge in [0.05, 0.1) is 0 Å². The van der Waals surface area contributed by atoms with Crippen LogP contribution < -0.4 is 5.32 Å². The molecule has 116 valence electrons. The van der Waals surface area contributed by atoms with Crippen LogP contribution in [0.5, 0.6) is 0 Å². The maximum absolute atomic E-state index is 12.1. The number of benzene rings is 1. The van der Waals surface area contributed by atoms with Gasteiger partial charge in [-0.1, -0.05) is 42.4 Å². The summed E-state index contributed by atoms with van der Waals surface area (Å²) in [5, 5.41) is 6.66. The van der Waals surface area contributed by atoms with Crippen molar-refractivity contribution in [1.29, 1.82) is 0 Å². The fourth-order valence-corrected chi connectivity index (χ4v) is 2.23. The van der Waals surface area contributed by atoms with E-state index in [-0.39, 0.29) is 5.91 Å². The average Bonchev–Trinajstić information content (AvgIpc) is 3.03. The van der Waals surface area contributed by atoms with Crippen molar-refractivity contribution in [3.05, 3.63) is 65.5 Å². The van der Waals surface area contributed by atoms with E-state index < -0.39 is 0 Å². The van der Waals surface area contributed by atoms with Gasteiger partial charge in [-0.3, -0.25) is 10.1 Å². The third-order valence-corrected chi connectivity index (χ3v) is 3.53. The van der Waals surface area contributed by atoms with Gasteiger partial charge in [0.15, 0.2) is 0 Å². The summed E-state index contributed by atoms with van der Waals surface area (Å²) < 4.78 is 5.19. The van der Waals surface area contributed by atoms with Crippen LogP contribution in [-0.4, -0.2) is 16.0 Å². The van der Waals surface area contributed by atoms with Crippen LogP contribution in [0.3, 0.4) is 0 Å². The first-order valence-corrected chi connectivity index (χ1v) is 7.47. The SMILES string of the molecule is CCc1ccc(-c2cc(NC(=O)c3cccc(C)n3)on2)cc1. The van der Waals surface area contributed by atoms with E-state index in [1.807, 2.05) is 25.1 Å². The Morgan fingerprint density at radius 2 is 1.96 bits per heavy atom. The standard InChI is InChI=1S/C18H17N3O2/c1-3-13-7-9-14(10-8-13)16-11-17(23-21-16)20-18(22)15-6-4-5-12(2)19-15/h4-11H,3H2,1-2H3,(H,20,22). The second-order valence-corrected chi connectivity index (χ2v) is 5.25. The fraction of sp³-hybridized carbons (Fsp3) is 0.167. The predicted molar refractivity (Wildman–Crippen MR) is 88.2 cm³/mol. The van der Waals surface area contributed by atoms with Crippen LogP contribution in [-0.2, 0) is 6.42 Å². The summed E-state index contributed by atoms with van der Waals surface area (Å²) in [5.41, 5.74) is 4.01. The minimum Gasteiger partial charge on any atom is -0.338 e. The largest absolute Gasteiger partial charge is 0.338 e. The molecule has 1 N–H and O–H groups in total. The molecule has 0 aliphatic rings. The lowest BCUT2D eigenvalue weighted by atomic mass is 10.1. The summed E-state index contributed by atoms with van der Waals surface area (Å²) >= 11 is 0. The van der Waals surface area contributed by atoms with Gasteiger partial charge in [0, 0.05) is 17.3 Å². The van der Waals surface area contributed by atoms with Crippen molar-refractivity contribution in [3.8, 4) is 11.3 Å². The molecule has 23 heavy (non-hydrogen) atoms. The predicted octanol–water partition coefficient (Wildman–Crippen LogP) is 3.86. The van der Waals surface area contributed by atoms with Gasteiger partial charge in [0.2, 0.25) is 5.88 Å². The molecule has 2 heterocycles. The Labute approximate surface area is 134 Å². The summed E-state index contributed by atoms with van der Waals surface area (Å²) in [6, 6.07) is 15.1. The van der Waals surface area contributed by atoms with Crippen molar-refractivity contribution in [2.75, 3.05) is 5.32 Å². The summed E-state index contributed by atoms with van der Waals surface area (Å²) in [5.74, 6) is -0.0226. The van der Waals surface area contributed by atoms with Crippen molar-refractivity contribution >= 4 is 11.8 Å². The Morgan fingerprint density at radius 1 is 1.17 bits per heavy atom. The molecule has 0 aliphatic heterocycles. The molecule has 0 saturated heterocycles. The van der Waals surface area contributed by atoms with Crippen LogP contribution in [0.1, 0.15) is 28.7 Å². The molecule has 3 aromatic rings. The van der Waals surface area contributed by atoms with Crippen molar-refractivity contribution in [2.45, 2.75) is 20.3 Å². The van der Waals surface area contributed by atoms with Crippen LogP contribution in [0.2, 0.25) is 0 Å². The van der Waals surface area contributed by atoms with E-state index in [4.69, 9.17) is 4.52 Å². The van der Waals surface area contributed by atoms with Gasteiger partial charge in [-0.2, -0.15) is 0 Å². The van der Waals surface area contributed by atoms with Gasteiger partial charge in [0.1, 0.15) is 11.4 Å². The lowest BCUT2D eigenvalue weighted by molar-refractivity contribution is 0.101. The zero-order chi connectivity index (χ0) is 16.2. The molecule has 1 aromatic carbocycles. The van der Waals surface area contributed by atoms with Crippen LogP contribution in [0, 0.1) is 6.92 Å². The number of aryl methyl sites for hydroxylation is 2. The number of hydrogen-bond acceptors (Lipinski definition) is 4.